The highest BCUT2D eigenvalue weighted by Crippen LogP contribution is 2.41. The summed E-state index contributed by atoms with van der Waals surface area (Å²) in [5.74, 6) is 0.718. The summed E-state index contributed by atoms with van der Waals surface area (Å²) in [4.78, 5) is 4.60. The molecule has 190 valence electrons. The average Bonchev–Trinajstić information content (AvgIpc) is 3.36. The smallest absolute Gasteiger partial charge is 0.422 e. The van der Waals surface area contributed by atoms with Crippen molar-refractivity contribution >= 4 is 17.8 Å². The number of aliphatic hydroxyl groups excluding tert-OH is 2. The number of fused-ring (bicyclic) bond motifs is 1. The van der Waals surface area contributed by atoms with E-state index in [1.807, 2.05) is 36.5 Å². The molecule has 5 rings (SSSR count). The summed E-state index contributed by atoms with van der Waals surface area (Å²) in [6, 6.07) is 15.9. The first kappa shape index (κ1) is 24.2. The van der Waals surface area contributed by atoms with Crippen molar-refractivity contribution in [3.8, 4) is 16.9 Å². The van der Waals surface area contributed by atoms with Crippen LogP contribution in [-0.2, 0) is 11.3 Å². The Morgan fingerprint density at radius 3 is 2.44 bits per heavy atom. The molecule has 0 aliphatic carbocycles. The van der Waals surface area contributed by atoms with E-state index >= 15 is 0 Å². The summed E-state index contributed by atoms with van der Waals surface area (Å²) in [5, 5.41) is 22.5. The molecule has 3 heterocycles. The molecule has 11 heteroatoms. The fourth-order valence-corrected chi connectivity index (χ4v) is 4.33. The van der Waals surface area contributed by atoms with Gasteiger partial charge < -0.3 is 24.3 Å². The first-order valence-corrected chi connectivity index (χ1v) is 11.4. The molecule has 1 fully saturated rings. The molecule has 2 aromatic carbocycles. The van der Waals surface area contributed by atoms with E-state index in [-0.39, 0.29) is 5.75 Å². The largest absolute Gasteiger partial charge is 0.484 e. The molecule has 3 aromatic rings. The third-order valence-corrected chi connectivity index (χ3v) is 6.12. The van der Waals surface area contributed by atoms with Crippen LogP contribution in [0.2, 0.25) is 0 Å². The molecule has 0 radical (unpaired) electrons. The fraction of sp³-hybridized carbons (Fsp3) is 0.320. The molecule has 0 unspecified atom stereocenters. The number of rotatable bonds is 6. The number of hydrazine groups is 1. The van der Waals surface area contributed by atoms with Crippen LogP contribution in [0.4, 0.5) is 24.7 Å². The molecular formula is C25H25F3N4O4. The minimum Gasteiger partial charge on any atom is -0.484 e. The number of nitrogens with one attached hydrogen (secondary N) is 1. The van der Waals surface area contributed by atoms with Crippen molar-refractivity contribution in [1.82, 2.24) is 9.58 Å². The monoisotopic (exact) mass is 502 g/mol. The van der Waals surface area contributed by atoms with Gasteiger partial charge in [0.1, 0.15) is 30.1 Å². The van der Waals surface area contributed by atoms with Crippen LogP contribution in [0, 0.1) is 0 Å². The van der Waals surface area contributed by atoms with E-state index in [1.54, 1.807) is 35.0 Å². The van der Waals surface area contributed by atoms with Crippen LogP contribution in [0.3, 0.4) is 0 Å². The van der Waals surface area contributed by atoms with Crippen LogP contribution in [0.5, 0.6) is 5.75 Å². The number of aliphatic imine (C=N–C) groups is 1. The number of nitrogens with zero attached hydrogens (tertiary/aromatic N) is 3. The number of aliphatic hydroxyl groups is 2. The van der Waals surface area contributed by atoms with E-state index in [1.165, 1.54) is 12.1 Å². The number of halogens is 3. The number of anilines is 1. The molecular weight excluding hydrogens is 477 g/mol. The van der Waals surface area contributed by atoms with Gasteiger partial charge in [-0.15, -0.1) is 0 Å². The number of aromatic nitrogens is 1. The number of benzene rings is 2. The molecule has 0 bridgehead atoms. The number of hydrogen-bond acceptors (Lipinski definition) is 7. The Morgan fingerprint density at radius 2 is 1.81 bits per heavy atom. The van der Waals surface area contributed by atoms with Crippen molar-refractivity contribution < 1.29 is 32.9 Å². The molecule has 2 aliphatic rings. The third kappa shape index (κ3) is 4.90. The fourth-order valence-electron chi connectivity index (χ4n) is 4.33. The predicted molar refractivity (Wildman–Crippen MR) is 127 cm³/mol. The predicted octanol–water partition coefficient (Wildman–Crippen LogP) is 4.24. The van der Waals surface area contributed by atoms with E-state index in [9.17, 15) is 23.4 Å². The van der Waals surface area contributed by atoms with Gasteiger partial charge in [-0.2, -0.15) is 13.2 Å². The Balaban J connectivity index is 1.39. The maximum atomic E-state index is 12.4. The highest BCUT2D eigenvalue weighted by atomic mass is 19.4. The van der Waals surface area contributed by atoms with Crippen LogP contribution < -0.4 is 10.2 Å². The Hall–Kier alpha value is -3.54. The quantitative estimate of drug-likeness (QED) is 0.467. The Labute approximate surface area is 205 Å². The van der Waals surface area contributed by atoms with Gasteiger partial charge in [-0.3, -0.25) is 10.4 Å². The topological polar surface area (TPSA) is 91.5 Å². The molecule has 0 spiro atoms. The Kier molecular flexibility index (Phi) is 6.37. The first-order chi connectivity index (χ1) is 17.2. The van der Waals surface area contributed by atoms with Gasteiger partial charge in [-0.1, -0.05) is 30.3 Å². The van der Waals surface area contributed by atoms with Gasteiger partial charge in [0, 0.05) is 17.3 Å². The lowest BCUT2D eigenvalue weighted by molar-refractivity contribution is -0.153. The van der Waals surface area contributed by atoms with Crippen molar-refractivity contribution in [1.29, 1.82) is 0 Å². The number of ether oxygens (including phenoxy) is 2. The summed E-state index contributed by atoms with van der Waals surface area (Å²) < 4.78 is 49.5. The minimum atomic E-state index is -4.40. The lowest BCUT2D eigenvalue weighted by atomic mass is 10.0. The van der Waals surface area contributed by atoms with Crippen molar-refractivity contribution in [3.05, 3.63) is 66.4 Å². The maximum Gasteiger partial charge on any atom is 0.422 e. The van der Waals surface area contributed by atoms with Crippen LogP contribution in [0.25, 0.3) is 11.1 Å². The molecule has 1 saturated heterocycles. The second kappa shape index (κ2) is 9.49. The standard InChI is InChI=1S/C25H25F3N4O4/c1-15-21(33)22(34)24(36-15)32-12-19(16-5-3-2-4-6-16)20-11-31(14-29-23(20)32)30-17-7-9-18(10-8-17)35-13-25(26,27)28/h2-10,12,14-15,21-22,24,30,33-34H,11,13H2,1H3/t15-,21-,22-,24-/m1/s1. The van der Waals surface area contributed by atoms with Gasteiger partial charge in [0.25, 0.3) is 0 Å². The summed E-state index contributed by atoms with van der Waals surface area (Å²) in [7, 11) is 0. The van der Waals surface area contributed by atoms with E-state index in [4.69, 9.17) is 9.47 Å². The minimum absolute atomic E-state index is 0.113. The van der Waals surface area contributed by atoms with Gasteiger partial charge in [-0.05, 0) is 36.8 Å². The average molecular weight is 502 g/mol. The molecule has 1 aromatic heterocycles. The highest BCUT2D eigenvalue weighted by Gasteiger charge is 2.43. The Bertz CT molecular complexity index is 1230. The summed E-state index contributed by atoms with van der Waals surface area (Å²) in [6.45, 7) is 0.759. The second-order valence-corrected chi connectivity index (χ2v) is 8.74. The molecule has 0 amide bonds. The van der Waals surface area contributed by atoms with E-state index < -0.39 is 37.3 Å². The van der Waals surface area contributed by atoms with Gasteiger partial charge in [0.05, 0.1) is 18.3 Å². The van der Waals surface area contributed by atoms with Gasteiger partial charge >= 0.3 is 6.18 Å². The van der Waals surface area contributed by atoms with E-state index in [0.29, 0.717) is 18.1 Å². The summed E-state index contributed by atoms with van der Waals surface area (Å²) >= 11 is 0. The van der Waals surface area contributed by atoms with Gasteiger partial charge in [0.15, 0.2) is 12.8 Å². The van der Waals surface area contributed by atoms with Crippen molar-refractivity contribution in [2.75, 3.05) is 12.0 Å². The molecule has 3 N–H and O–H groups in total. The van der Waals surface area contributed by atoms with Crippen LogP contribution in [0.15, 0.2) is 65.8 Å². The Morgan fingerprint density at radius 1 is 1.08 bits per heavy atom. The zero-order valence-electron chi connectivity index (χ0n) is 19.3. The zero-order chi connectivity index (χ0) is 25.4. The third-order valence-electron chi connectivity index (χ3n) is 6.12. The van der Waals surface area contributed by atoms with Crippen LogP contribution in [0.1, 0.15) is 18.7 Å². The van der Waals surface area contributed by atoms with Gasteiger partial charge in [0.2, 0.25) is 0 Å². The van der Waals surface area contributed by atoms with Crippen molar-refractivity contribution in [3.63, 3.8) is 0 Å². The molecule has 8 nitrogen and oxygen atoms in total. The summed E-state index contributed by atoms with van der Waals surface area (Å²) in [5.41, 5.74) is 6.55. The summed E-state index contributed by atoms with van der Waals surface area (Å²) in [6.07, 6.45) is -4.39. The molecule has 2 aliphatic heterocycles. The normalized spacial score (nSPS) is 23.6. The van der Waals surface area contributed by atoms with Gasteiger partial charge in [-0.25, -0.2) is 4.99 Å². The number of alkyl halides is 3. The zero-order valence-corrected chi connectivity index (χ0v) is 19.3. The van der Waals surface area contributed by atoms with Crippen molar-refractivity contribution in [2.45, 2.75) is 44.2 Å². The van der Waals surface area contributed by atoms with Crippen LogP contribution in [-0.4, -0.2) is 57.2 Å². The SMILES string of the molecule is C[C@H]1O[C@@H](n2cc(-c3ccccc3)c3c2N=CN(Nc2ccc(OCC(F)(F)F)cc2)C3)[C@H](O)[C@@H]1O. The lowest BCUT2D eigenvalue weighted by Gasteiger charge is -2.26. The first-order valence-electron chi connectivity index (χ1n) is 11.4. The molecule has 0 saturated carbocycles. The van der Waals surface area contributed by atoms with E-state index in [0.717, 1.165) is 16.7 Å². The van der Waals surface area contributed by atoms with Crippen molar-refractivity contribution in [2.24, 2.45) is 4.99 Å². The molecule has 4 atom stereocenters. The maximum absolute atomic E-state index is 12.4. The molecule has 36 heavy (non-hydrogen) atoms. The lowest BCUT2D eigenvalue weighted by Crippen LogP contribution is -2.31. The second-order valence-electron chi connectivity index (χ2n) is 8.74. The van der Waals surface area contributed by atoms with Crippen LogP contribution >= 0.6 is 0 Å². The van der Waals surface area contributed by atoms with E-state index in [2.05, 4.69) is 10.4 Å². The highest BCUT2D eigenvalue weighted by molar-refractivity contribution is 5.77. The number of hydrogen-bond donors (Lipinski definition) is 3.